The first-order valence-electron chi connectivity index (χ1n) is 9.55. The zero-order valence-corrected chi connectivity index (χ0v) is 18.9. The first-order valence-corrected chi connectivity index (χ1v) is 9.93. The average molecular weight is 413 g/mol. The van der Waals surface area contributed by atoms with Crippen molar-refractivity contribution in [2.45, 2.75) is 78.6 Å². The molecule has 1 fully saturated rings. The normalized spacial score (nSPS) is 20.8. The zero-order chi connectivity index (χ0) is 21.5. The predicted octanol–water partition coefficient (Wildman–Crippen LogP) is 4.19. The van der Waals surface area contributed by atoms with Crippen LogP contribution >= 0.6 is 11.6 Å². The van der Waals surface area contributed by atoms with E-state index < -0.39 is 0 Å². The van der Waals surface area contributed by atoms with Gasteiger partial charge in [-0.15, -0.1) is 0 Å². The number of hydrogen-bond acceptors (Lipinski definition) is 6. The minimum atomic E-state index is -0.318. The molecule has 0 bridgehead atoms. The molecule has 2 aromatic heterocycles. The fraction of sp³-hybridized carbons (Fsp3) is 0.650. The molecule has 0 unspecified atom stereocenters. The Hall–Kier alpha value is -1.86. The van der Waals surface area contributed by atoms with Crippen LogP contribution < -0.4 is 10.1 Å². The van der Waals surface area contributed by atoms with Crippen molar-refractivity contribution in [1.29, 1.82) is 0 Å². The molecular formula is C20H33ClN4O3. The zero-order valence-electron chi connectivity index (χ0n) is 18.2. The minimum absolute atomic E-state index is 0.178. The van der Waals surface area contributed by atoms with E-state index in [2.05, 4.69) is 27.1 Å². The molecule has 158 valence electrons. The highest BCUT2D eigenvalue weighted by atomic mass is 35.5. The molecule has 0 aliphatic heterocycles. The van der Waals surface area contributed by atoms with E-state index in [1.54, 1.807) is 16.9 Å². The Labute approximate surface area is 172 Å². The summed E-state index contributed by atoms with van der Waals surface area (Å²) in [4.78, 5) is 13.9. The van der Waals surface area contributed by atoms with Crippen molar-refractivity contribution in [3.05, 3.63) is 23.1 Å². The maximum atomic E-state index is 9.60. The molecule has 2 aromatic rings. The third-order valence-electron chi connectivity index (χ3n) is 4.13. The Kier molecular flexibility index (Phi) is 8.70. The van der Waals surface area contributed by atoms with E-state index in [1.165, 1.54) is 0 Å². The molecule has 0 aromatic carbocycles. The van der Waals surface area contributed by atoms with Crippen LogP contribution in [-0.2, 0) is 9.53 Å². The van der Waals surface area contributed by atoms with E-state index in [1.807, 2.05) is 48.6 Å². The topological polar surface area (TPSA) is 77.8 Å². The van der Waals surface area contributed by atoms with E-state index in [0.717, 1.165) is 23.9 Å². The summed E-state index contributed by atoms with van der Waals surface area (Å²) in [5.41, 5.74) is 1.43. The highest BCUT2D eigenvalue weighted by Crippen LogP contribution is 2.37. The Morgan fingerprint density at radius 3 is 2.43 bits per heavy atom. The highest BCUT2D eigenvalue weighted by Gasteiger charge is 2.42. The van der Waals surface area contributed by atoms with Gasteiger partial charge in [0.05, 0.1) is 12.4 Å². The number of aryl methyl sites for hydroxylation is 1. The lowest BCUT2D eigenvalue weighted by molar-refractivity contribution is -0.138. The van der Waals surface area contributed by atoms with Crippen molar-refractivity contribution in [2.24, 2.45) is 0 Å². The van der Waals surface area contributed by atoms with Crippen LogP contribution in [0.1, 0.15) is 59.9 Å². The van der Waals surface area contributed by atoms with Gasteiger partial charge in [-0.2, -0.15) is 10.1 Å². The van der Waals surface area contributed by atoms with Gasteiger partial charge in [0.2, 0.25) is 5.88 Å². The van der Waals surface area contributed by atoms with Gasteiger partial charge in [0.1, 0.15) is 16.7 Å². The molecule has 0 saturated heterocycles. The number of carbonyl (C=O) groups is 1. The van der Waals surface area contributed by atoms with Gasteiger partial charge < -0.3 is 14.8 Å². The monoisotopic (exact) mass is 412 g/mol. The number of carbonyl (C=O) groups excluding carboxylic acids is 1. The van der Waals surface area contributed by atoms with E-state index in [4.69, 9.17) is 16.3 Å². The second kappa shape index (κ2) is 10.1. The molecule has 1 aliphatic rings. The number of fused-ring (bicyclic) bond motifs is 1. The van der Waals surface area contributed by atoms with E-state index >= 15 is 0 Å². The molecule has 7 nitrogen and oxygen atoms in total. The van der Waals surface area contributed by atoms with Gasteiger partial charge in [-0.25, -0.2) is 4.52 Å². The maximum Gasteiger partial charge on any atom is 0.293 e. The van der Waals surface area contributed by atoms with Crippen molar-refractivity contribution >= 4 is 23.6 Å². The highest BCUT2D eigenvalue weighted by molar-refractivity contribution is 6.29. The maximum absolute atomic E-state index is 9.60. The summed E-state index contributed by atoms with van der Waals surface area (Å²) >= 11 is 6.01. The summed E-state index contributed by atoms with van der Waals surface area (Å²) in [5.74, 6) is 0.569. The number of nitrogens with one attached hydrogen (secondary N) is 1. The van der Waals surface area contributed by atoms with Gasteiger partial charge in [0, 0.05) is 24.4 Å². The first-order chi connectivity index (χ1) is 13.1. The van der Waals surface area contributed by atoms with Crippen molar-refractivity contribution in [3.63, 3.8) is 0 Å². The summed E-state index contributed by atoms with van der Waals surface area (Å²) in [5, 5.41) is 7.89. The van der Waals surface area contributed by atoms with E-state index in [0.29, 0.717) is 23.5 Å². The number of aromatic nitrogens is 3. The predicted molar refractivity (Wildman–Crippen MR) is 112 cm³/mol. The van der Waals surface area contributed by atoms with Gasteiger partial charge in [0.25, 0.3) is 6.47 Å². The molecule has 1 saturated carbocycles. The molecule has 0 atom stereocenters. The molecule has 0 amide bonds. The Morgan fingerprint density at radius 1 is 1.36 bits per heavy atom. The lowest BCUT2D eigenvalue weighted by atomic mass is 9.77. The van der Waals surface area contributed by atoms with Crippen LogP contribution in [0.3, 0.4) is 0 Å². The van der Waals surface area contributed by atoms with E-state index in [-0.39, 0.29) is 11.2 Å². The Bertz CT molecular complexity index is 765. The Morgan fingerprint density at radius 2 is 1.96 bits per heavy atom. The van der Waals surface area contributed by atoms with Crippen molar-refractivity contribution in [3.8, 4) is 5.88 Å². The van der Waals surface area contributed by atoms with E-state index in [9.17, 15) is 4.79 Å². The second-order valence-corrected chi connectivity index (χ2v) is 8.15. The lowest BCUT2D eigenvalue weighted by Gasteiger charge is -2.44. The Balaban J connectivity index is 0.000000372. The van der Waals surface area contributed by atoms with Crippen molar-refractivity contribution in [1.82, 2.24) is 19.9 Å². The molecule has 28 heavy (non-hydrogen) atoms. The number of halogens is 1. The molecule has 1 N–H and O–H groups in total. The van der Waals surface area contributed by atoms with Crippen LogP contribution in [0, 0.1) is 6.92 Å². The van der Waals surface area contributed by atoms with Crippen LogP contribution in [0.25, 0.3) is 5.52 Å². The number of nitrogens with zero attached hydrogens (tertiary/aromatic N) is 3. The van der Waals surface area contributed by atoms with Gasteiger partial charge in [-0.05, 0) is 41.7 Å². The van der Waals surface area contributed by atoms with Gasteiger partial charge in [-0.1, -0.05) is 25.4 Å². The average Bonchev–Trinajstić information content (AvgIpc) is 2.94. The molecule has 8 heteroatoms. The molecule has 2 heterocycles. The van der Waals surface area contributed by atoms with Crippen molar-refractivity contribution in [2.75, 3.05) is 7.05 Å². The fourth-order valence-corrected chi connectivity index (χ4v) is 2.98. The van der Waals surface area contributed by atoms with Gasteiger partial charge >= 0.3 is 0 Å². The summed E-state index contributed by atoms with van der Waals surface area (Å²) in [6.07, 6.45) is 5.42. The van der Waals surface area contributed by atoms with Crippen LogP contribution in [-0.4, -0.2) is 45.4 Å². The number of ether oxygens (including phenoxy) is 2. The number of rotatable bonds is 4. The van der Waals surface area contributed by atoms with Crippen LogP contribution in [0.5, 0.6) is 5.88 Å². The third kappa shape index (κ3) is 6.63. The molecule has 1 aliphatic carbocycles. The summed E-state index contributed by atoms with van der Waals surface area (Å²) < 4.78 is 12.4. The smallest absolute Gasteiger partial charge is 0.293 e. The quantitative estimate of drug-likeness (QED) is 0.758. The second-order valence-electron chi connectivity index (χ2n) is 7.76. The summed E-state index contributed by atoms with van der Waals surface area (Å²) in [7, 11) is 1.97. The first kappa shape index (κ1) is 24.2. The van der Waals surface area contributed by atoms with Gasteiger partial charge in [-0.3, -0.25) is 4.79 Å². The molecule has 0 radical (unpaired) electrons. The number of hydrogen-bond donors (Lipinski definition) is 1. The lowest BCUT2D eigenvalue weighted by Crippen LogP contribution is -2.54. The molecule has 3 rings (SSSR count). The summed E-state index contributed by atoms with van der Waals surface area (Å²) in [6, 6.07) is 0.520. The van der Waals surface area contributed by atoms with Crippen LogP contribution in [0.15, 0.2) is 12.4 Å². The van der Waals surface area contributed by atoms with Crippen LogP contribution in [0.2, 0.25) is 5.15 Å². The fourth-order valence-electron chi connectivity index (χ4n) is 2.81. The van der Waals surface area contributed by atoms with Crippen molar-refractivity contribution < 1.29 is 14.3 Å². The van der Waals surface area contributed by atoms with Gasteiger partial charge in [0.15, 0.2) is 5.15 Å². The molecular weight excluding hydrogens is 380 g/mol. The SMILES string of the molecule is CC.CC(C)(C)OC=O.CNC1CC(C)(Oc2nc(Cl)cn3ncc(C)c23)C1. The third-order valence-corrected chi connectivity index (χ3v) is 4.31. The standard InChI is InChI=1S/C13H17ClN4O.C5H10O2.C2H6/c1-8-6-16-18-7-10(14)17-12(11(8)18)19-13(2)4-9(5-13)15-3;1-5(2,3)7-4-6;1-2/h6-7,9,15H,4-5H2,1-3H3;4H,1-3H3;1-2H3. The summed E-state index contributed by atoms with van der Waals surface area (Å²) in [6.45, 7) is 14.0. The minimum Gasteiger partial charge on any atom is -0.470 e. The largest absolute Gasteiger partial charge is 0.470 e. The molecule has 0 spiro atoms. The van der Waals surface area contributed by atoms with Crippen LogP contribution in [0.4, 0.5) is 0 Å².